The van der Waals surface area contributed by atoms with Crippen molar-refractivity contribution in [2.45, 2.75) is 0 Å². The lowest BCUT2D eigenvalue weighted by Gasteiger charge is -2.09. The van der Waals surface area contributed by atoms with E-state index in [2.05, 4.69) is 15.0 Å². The normalized spacial score (nSPS) is 9.95. The number of aromatic nitrogens is 1. The van der Waals surface area contributed by atoms with E-state index in [9.17, 15) is 9.59 Å². The van der Waals surface area contributed by atoms with Crippen molar-refractivity contribution in [1.82, 2.24) is 4.98 Å². The number of nitrogens with one attached hydrogen (secondary N) is 1. The zero-order chi connectivity index (χ0) is 16.1. The van der Waals surface area contributed by atoms with Gasteiger partial charge >= 0.3 is 5.97 Å². The number of hydrogen-bond acceptors (Lipinski definition) is 7. The maximum atomic E-state index is 12.3. The Hall–Kier alpha value is -2.61. The summed E-state index contributed by atoms with van der Waals surface area (Å²) < 4.78 is 14.8. The highest BCUT2D eigenvalue weighted by Crippen LogP contribution is 2.26. The number of rotatable bonds is 5. The largest absolute Gasteiger partial charge is 0.497 e. The predicted molar refractivity (Wildman–Crippen MR) is 81.0 cm³/mol. The van der Waals surface area contributed by atoms with E-state index in [0.717, 1.165) is 11.3 Å². The molecular formula is C14H14N2O5S. The highest BCUT2D eigenvalue weighted by atomic mass is 32.1. The zero-order valence-corrected chi connectivity index (χ0v) is 13.0. The standard InChI is InChI=1S/C14H14N2O5S/c1-19-8-4-5-9(10(6-8)20-2)12(17)16-14-15-7-11(22-14)13(18)21-3/h4-7H,1-3H3,(H,15,16,17). The molecule has 0 bridgehead atoms. The molecule has 2 aromatic rings. The number of anilines is 1. The number of benzene rings is 1. The quantitative estimate of drug-likeness (QED) is 0.849. The fraction of sp³-hybridized carbons (Fsp3) is 0.214. The van der Waals surface area contributed by atoms with E-state index < -0.39 is 11.9 Å². The van der Waals surface area contributed by atoms with Crippen molar-refractivity contribution >= 4 is 28.3 Å². The Bertz CT molecular complexity index is 698. The summed E-state index contributed by atoms with van der Waals surface area (Å²) in [5.74, 6) is 0.0579. The molecule has 0 saturated heterocycles. The number of esters is 1. The molecule has 0 aliphatic rings. The Morgan fingerprint density at radius 3 is 2.59 bits per heavy atom. The van der Waals surface area contributed by atoms with Crippen molar-refractivity contribution in [1.29, 1.82) is 0 Å². The molecule has 0 aliphatic carbocycles. The van der Waals surface area contributed by atoms with Crippen LogP contribution in [0.4, 0.5) is 5.13 Å². The van der Waals surface area contributed by atoms with Crippen molar-refractivity contribution in [3.05, 3.63) is 34.8 Å². The number of nitrogens with zero attached hydrogens (tertiary/aromatic N) is 1. The fourth-order valence-electron chi connectivity index (χ4n) is 1.68. The number of methoxy groups -OCH3 is 3. The van der Waals surface area contributed by atoms with Crippen LogP contribution in [0.1, 0.15) is 20.0 Å². The van der Waals surface area contributed by atoms with E-state index in [-0.39, 0.29) is 0 Å². The van der Waals surface area contributed by atoms with Crippen LogP contribution in [0, 0.1) is 0 Å². The van der Waals surface area contributed by atoms with Crippen LogP contribution in [-0.2, 0) is 4.74 Å². The third-order valence-corrected chi connectivity index (χ3v) is 3.66. The summed E-state index contributed by atoms with van der Waals surface area (Å²) in [6, 6.07) is 4.84. The van der Waals surface area contributed by atoms with Crippen LogP contribution in [0.3, 0.4) is 0 Å². The van der Waals surface area contributed by atoms with Gasteiger partial charge in [0, 0.05) is 6.07 Å². The average Bonchev–Trinajstić information content (AvgIpc) is 3.01. The van der Waals surface area contributed by atoms with Crippen molar-refractivity contribution < 1.29 is 23.8 Å². The Kier molecular flexibility index (Phi) is 4.95. The van der Waals surface area contributed by atoms with Crippen molar-refractivity contribution in [3.8, 4) is 11.5 Å². The Morgan fingerprint density at radius 1 is 1.18 bits per heavy atom. The van der Waals surface area contributed by atoms with Gasteiger partial charge in [-0.1, -0.05) is 11.3 Å². The molecule has 22 heavy (non-hydrogen) atoms. The molecular weight excluding hydrogens is 308 g/mol. The summed E-state index contributed by atoms with van der Waals surface area (Å²) in [6.07, 6.45) is 1.34. The van der Waals surface area contributed by atoms with Crippen LogP contribution in [0.25, 0.3) is 0 Å². The molecule has 1 heterocycles. The number of carbonyl (C=O) groups is 2. The maximum Gasteiger partial charge on any atom is 0.349 e. The van der Waals surface area contributed by atoms with E-state index in [1.165, 1.54) is 27.5 Å². The van der Waals surface area contributed by atoms with E-state index in [1.54, 1.807) is 18.2 Å². The lowest BCUT2D eigenvalue weighted by molar-refractivity contribution is 0.0606. The van der Waals surface area contributed by atoms with Gasteiger partial charge in [-0.05, 0) is 12.1 Å². The smallest absolute Gasteiger partial charge is 0.349 e. The Balaban J connectivity index is 2.18. The minimum atomic E-state index is -0.500. The molecule has 0 unspecified atom stereocenters. The van der Waals surface area contributed by atoms with Crippen LogP contribution in [0.5, 0.6) is 11.5 Å². The van der Waals surface area contributed by atoms with E-state index in [0.29, 0.717) is 27.1 Å². The van der Waals surface area contributed by atoms with Crippen molar-refractivity contribution in [3.63, 3.8) is 0 Å². The summed E-state index contributed by atoms with van der Waals surface area (Å²) in [6.45, 7) is 0. The average molecular weight is 322 g/mol. The molecule has 7 nitrogen and oxygen atoms in total. The molecule has 0 saturated carbocycles. The zero-order valence-electron chi connectivity index (χ0n) is 12.2. The molecule has 0 spiro atoms. The molecule has 1 aromatic carbocycles. The highest BCUT2D eigenvalue weighted by molar-refractivity contribution is 7.17. The molecule has 0 aliphatic heterocycles. The molecule has 8 heteroatoms. The number of hydrogen-bond donors (Lipinski definition) is 1. The van der Waals surface area contributed by atoms with Gasteiger partial charge in [0.15, 0.2) is 5.13 Å². The van der Waals surface area contributed by atoms with Gasteiger partial charge in [-0.25, -0.2) is 9.78 Å². The SMILES string of the molecule is COC(=O)c1cnc(NC(=O)c2ccc(OC)cc2OC)s1. The molecule has 0 fully saturated rings. The van der Waals surface area contributed by atoms with Gasteiger partial charge in [-0.15, -0.1) is 0 Å². The van der Waals surface area contributed by atoms with Crippen LogP contribution in [-0.4, -0.2) is 38.2 Å². The molecule has 1 amide bonds. The second-order valence-corrected chi connectivity index (χ2v) is 5.07. The van der Waals surface area contributed by atoms with Crippen molar-refractivity contribution in [2.24, 2.45) is 0 Å². The Morgan fingerprint density at radius 2 is 1.95 bits per heavy atom. The molecule has 1 aromatic heterocycles. The minimum Gasteiger partial charge on any atom is -0.497 e. The first-order valence-electron chi connectivity index (χ1n) is 6.16. The molecule has 116 valence electrons. The minimum absolute atomic E-state index is 0.295. The lowest BCUT2D eigenvalue weighted by atomic mass is 10.2. The second-order valence-electron chi connectivity index (χ2n) is 4.04. The first-order chi connectivity index (χ1) is 10.6. The third kappa shape index (κ3) is 3.34. The lowest BCUT2D eigenvalue weighted by Crippen LogP contribution is -2.13. The van der Waals surface area contributed by atoms with Gasteiger partial charge in [-0.3, -0.25) is 10.1 Å². The van der Waals surface area contributed by atoms with Gasteiger partial charge in [0.05, 0.1) is 33.1 Å². The van der Waals surface area contributed by atoms with Gasteiger partial charge in [0.2, 0.25) is 0 Å². The number of thiazole rings is 1. The van der Waals surface area contributed by atoms with E-state index >= 15 is 0 Å². The summed E-state index contributed by atoms with van der Waals surface area (Å²) in [4.78, 5) is 27.9. The highest BCUT2D eigenvalue weighted by Gasteiger charge is 2.16. The second kappa shape index (κ2) is 6.90. The third-order valence-electron chi connectivity index (χ3n) is 2.77. The van der Waals surface area contributed by atoms with Crippen LogP contribution >= 0.6 is 11.3 Å². The van der Waals surface area contributed by atoms with Crippen LogP contribution in [0.2, 0.25) is 0 Å². The molecule has 1 N–H and O–H groups in total. The number of amides is 1. The summed E-state index contributed by atoms with van der Waals surface area (Å²) in [5, 5.41) is 2.90. The Labute approximate surface area is 130 Å². The van der Waals surface area contributed by atoms with Gasteiger partial charge in [0.25, 0.3) is 5.91 Å². The first-order valence-corrected chi connectivity index (χ1v) is 6.98. The van der Waals surface area contributed by atoms with Crippen LogP contribution < -0.4 is 14.8 Å². The molecule has 0 atom stereocenters. The van der Waals surface area contributed by atoms with Gasteiger partial charge in [-0.2, -0.15) is 0 Å². The number of ether oxygens (including phenoxy) is 3. The number of carbonyl (C=O) groups excluding carboxylic acids is 2. The van der Waals surface area contributed by atoms with Crippen molar-refractivity contribution in [2.75, 3.05) is 26.6 Å². The summed E-state index contributed by atoms with van der Waals surface area (Å²) in [7, 11) is 4.27. The summed E-state index contributed by atoms with van der Waals surface area (Å²) in [5.41, 5.74) is 0.332. The summed E-state index contributed by atoms with van der Waals surface area (Å²) >= 11 is 1.03. The molecule has 0 radical (unpaired) electrons. The topological polar surface area (TPSA) is 86.8 Å². The van der Waals surface area contributed by atoms with Gasteiger partial charge in [0.1, 0.15) is 16.4 Å². The predicted octanol–water partition coefficient (Wildman–Crippen LogP) is 2.20. The van der Waals surface area contributed by atoms with Gasteiger partial charge < -0.3 is 14.2 Å². The maximum absolute atomic E-state index is 12.3. The van der Waals surface area contributed by atoms with Crippen LogP contribution in [0.15, 0.2) is 24.4 Å². The first kappa shape index (κ1) is 15.8. The van der Waals surface area contributed by atoms with E-state index in [1.807, 2.05) is 0 Å². The monoisotopic (exact) mass is 322 g/mol. The molecule has 2 rings (SSSR count). The fourth-order valence-corrected chi connectivity index (χ4v) is 2.41. The van der Waals surface area contributed by atoms with E-state index in [4.69, 9.17) is 9.47 Å².